The number of nitrogens with one attached hydrogen (secondary N) is 1. The summed E-state index contributed by atoms with van der Waals surface area (Å²) in [5, 5.41) is 5.91. The quantitative estimate of drug-likeness (QED) is 0.868. The van der Waals surface area contributed by atoms with Crippen LogP contribution in [0.3, 0.4) is 0 Å². The van der Waals surface area contributed by atoms with Gasteiger partial charge in [-0.05, 0) is 65.1 Å². The maximum Gasteiger partial charge on any atom is 0.243 e. The highest BCUT2D eigenvalue weighted by Crippen LogP contribution is 2.24. The predicted molar refractivity (Wildman–Crippen MR) is 104 cm³/mol. The number of anilines is 1. The molecule has 25 heavy (non-hydrogen) atoms. The Morgan fingerprint density at radius 3 is 2.76 bits per heavy atom. The van der Waals surface area contributed by atoms with Gasteiger partial charge in [0.25, 0.3) is 0 Å². The number of hydrogen-bond acceptors (Lipinski definition) is 5. The summed E-state index contributed by atoms with van der Waals surface area (Å²) in [6.07, 6.45) is 5.84. The van der Waals surface area contributed by atoms with Gasteiger partial charge in [-0.25, -0.2) is 4.98 Å². The fourth-order valence-electron chi connectivity index (χ4n) is 3.93. The highest BCUT2D eigenvalue weighted by Gasteiger charge is 2.30. The van der Waals surface area contributed by atoms with E-state index in [1.54, 1.807) is 11.3 Å². The number of hydrogen-bond donors (Lipinski definition) is 1. The maximum atomic E-state index is 12.7. The SMILES string of the molecule is CC1CCN(Cc2csc(NC(=O)C3CCCCN3C(C)C)n2)CC1. The Morgan fingerprint density at radius 1 is 1.28 bits per heavy atom. The van der Waals surface area contributed by atoms with Gasteiger partial charge in [-0.2, -0.15) is 0 Å². The Morgan fingerprint density at radius 2 is 2.04 bits per heavy atom. The van der Waals surface area contributed by atoms with Crippen molar-refractivity contribution in [3.8, 4) is 0 Å². The Labute approximate surface area is 155 Å². The zero-order valence-corrected chi connectivity index (χ0v) is 16.6. The van der Waals surface area contributed by atoms with Gasteiger partial charge in [0.05, 0.1) is 11.7 Å². The number of carbonyl (C=O) groups excluding carboxylic acids is 1. The number of nitrogens with zero attached hydrogens (tertiary/aromatic N) is 3. The first-order valence-electron chi connectivity index (χ1n) is 9.76. The molecule has 6 heteroatoms. The van der Waals surface area contributed by atoms with Crippen LogP contribution in [-0.4, -0.2) is 52.4 Å². The first-order chi connectivity index (χ1) is 12.0. The molecule has 140 valence electrons. The van der Waals surface area contributed by atoms with Crippen LogP contribution < -0.4 is 5.32 Å². The van der Waals surface area contributed by atoms with E-state index in [2.05, 4.69) is 46.3 Å². The molecule has 3 heterocycles. The molecule has 5 nitrogen and oxygen atoms in total. The minimum atomic E-state index is -0.00955. The van der Waals surface area contributed by atoms with Crippen molar-refractivity contribution in [1.82, 2.24) is 14.8 Å². The summed E-state index contributed by atoms with van der Waals surface area (Å²) >= 11 is 1.55. The second-order valence-corrected chi connectivity index (χ2v) is 8.79. The molecule has 0 saturated carbocycles. The van der Waals surface area contributed by atoms with E-state index in [4.69, 9.17) is 0 Å². The van der Waals surface area contributed by atoms with Gasteiger partial charge in [0, 0.05) is 18.0 Å². The molecule has 1 N–H and O–H groups in total. The van der Waals surface area contributed by atoms with Crippen LogP contribution in [0.4, 0.5) is 5.13 Å². The summed E-state index contributed by atoms with van der Waals surface area (Å²) in [6, 6.07) is 0.397. The topological polar surface area (TPSA) is 48.5 Å². The summed E-state index contributed by atoms with van der Waals surface area (Å²) in [5.74, 6) is 0.960. The van der Waals surface area contributed by atoms with Crippen molar-refractivity contribution < 1.29 is 4.79 Å². The van der Waals surface area contributed by atoms with Crippen molar-refractivity contribution in [1.29, 1.82) is 0 Å². The van der Waals surface area contributed by atoms with E-state index < -0.39 is 0 Å². The summed E-state index contributed by atoms with van der Waals surface area (Å²) in [6.45, 7) is 10.9. The van der Waals surface area contributed by atoms with Crippen molar-refractivity contribution >= 4 is 22.4 Å². The average molecular weight is 365 g/mol. The lowest BCUT2D eigenvalue weighted by atomic mass is 9.99. The van der Waals surface area contributed by atoms with Crippen LogP contribution in [0.15, 0.2) is 5.38 Å². The highest BCUT2D eigenvalue weighted by molar-refractivity contribution is 7.13. The average Bonchev–Trinajstić information content (AvgIpc) is 3.03. The molecule has 0 aromatic carbocycles. The lowest BCUT2D eigenvalue weighted by Crippen LogP contribution is -2.50. The van der Waals surface area contributed by atoms with E-state index in [9.17, 15) is 4.79 Å². The molecule has 0 spiro atoms. The first-order valence-corrected chi connectivity index (χ1v) is 10.6. The number of rotatable bonds is 5. The molecule has 3 rings (SSSR count). The fourth-order valence-corrected chi connectivity index (χ4v) is 4.63. The van der Waals surface area contributed by atoms with Crippen molar-refractivity contribution in [2.24, 2.45) is 5.92 Å². The molecule has 1 aromatic rings. The van der Waals surface area contributed by atoms with Crippen LogP contribution in [-0.2, 0) is 11.3 Å². The largest absolute Gasteiger partial charge is 0.301 e. The van der Waals surface area contributed by atoms with Gasteiger partial charge in [-0.1, -0.05) is 13.3 Å². The van der Waals surface area contributed by atoms with Crippen LogP contribution >= 0.6 is 11.3 Å². The normalized spacial score (nSPS) is 23.9. The minimum Gasteiger partial charge on any atom is -0.301 e. The van der Waals surface area contributed by atoms with Crippen LogP contribution in [0.5, 0.6) is 0 Å². The number of piperidine rings is 2. The smallest absolute Gasteiger partial charge is 0.243 e. The van der Waals surface area contributed by atoms with Gasteiger partial charge in [0.2, 0.25) is 5.91 Å². The molecule has 1 atom stereocenters. The van der Waals surface area contributed by atoms with Gasteiger partial charge in [-0.3, -0.25) is 14.6 Å². The van der Waals surface area contributed by atoms with Crippen LogP contribution in [0.2, 0.25) is 0 Å². The number of thiazole rings is 1. The second kappa shape index (κ2) is 8.60. The summed E-state index contributed by atoms with van der Waals surface area (Å²) in [7, 11) is 0. The van der Waals surface area contributed by atoms with Crippen molar-refractivity contribution in [3.63, 3.8) is 0 Å². The van der Waals surface area contributed by atoms with Gasteiger partial charge in [-0.15, -0.1) is 11.3 Å². The third-order valence-electron chi connectivity index (χ3n) is 5.55. The second-order valence-electron chi connectivity index (χ2n) is 7.94. The Bertz CT molecular complexity index is 566. The van der Waals surface area contributed by atoms with Crippen molar-refractivity contribution in [2.45, 2.75) is 71.5 Å². The zero-order chi connectivity index (χ0) is 17.8. The molecular weight excluding hydrogens is 332 g/mol. The molecule has 1 amide bonds. The standard InChI is InChI=1S/C19H32N4OS/c1-14(2)23-9-5-4-6-17(23)18(24)21-19-20-16(13-25-19)12-22-10-7-15(3)8-11-22/h13-15,17H,4-12H2,1-3H3,(H,20,21,24). The monoisotopic (exact) mass is 364 g/mol. The third kappa shape index (κ3) is 5.02. The van der Waals surface area contributed by atoms with Gasteiger partial charge >= 0.3 is 0 Å². The molecule has 0 bridgehead atoms. The number of carbonyl (C=O) groups is 1. The lowest BCUT2D eigenvalue weighted by Gasteiger charge is -2.37. The van der Waals surface area contributed by atoms with Gasteiger partial charge < -0.3 is 5.32 Å². The fraction of sp³-hybridized carbons (Fsp3) is 0.789. The molecule has 1 aromatic heterocycles. The van der Waals surface area contributed by atoms with E-state index >= 15 is 0 Å². The van der Waals surface area contributed by atoms with E-state index in [0.29, 0.717) is 6.04 Å². The van der Waals surface area contributed by atoms with E-state index in [1.165, 1.54) is 19.3 Å². The van der Waals surface area contributed by atoms with Gasteiger partial charge in [0.15, 0.2) is 5.13 Å². The highest BCUT2D eigenvalue weighted by atomic mass is 32.1. The Balaban J connectivity index is 1.54. The Hall–Kier alpha value is -0.980. The van der Waals surface area contributed by atoms with E-state index in [-0.39, 0.29) is 11.9 Å². The van der Waals surface area contributed by atoms with Crippen LogP contribution in [0.1, 0.15) is 58.6 Å². The Kier molecular flexibility index (Phi) is 6.47. The van der Waals surface area contributed by atoms with Crippen molar-refractivity contribution in [3.05, 3.63) is 11.1 Å². The zero-order valence-electron chi connectivity index (χ0n) is 15.8. The van der Waals surface area contributed by atoms with Crippen LogP contribution in [0.25, 0.3) is 0 Å². The molecule has 2 aliphatic heterocycles. The number of aromatic nitrogens is 1. The summed E-state index contributed by atoms with van der Waals surface area (Å²) in [4.78, 5) is 22.2. The number of likely N-dealkylation sites (tertiary alicyclic amines) is 2. The molecule has 2 fully saturated rings. The molecule has 1 unspecified atom stereocenters. The molecule has 0 radical (unpaired) electrons. The van der Waals surface area contributed by atoms with Gasteiger partial charge in [0.1, 0.15) is 0 Å². The molecular formula is C19H32N4OS. The first kappa shape index (κ1) is 18.8. The summed E-state index contributed by atoms with van der Waals surface area (Å²) < 4.78 is 0. The summed E-state index contributed by atoms with van der Waals surface area (Å²) in [5.41, 5.74) is 1.08. The van der Waals surface area contributed by atoms with Crippen LogP contribution in [0, 0.1) is 5.92 Å². The number of amides is 1. The van der Waals surface area contributed by atoms with E-state index in [0.717, 1.165) is 55.8 Å². The predicted octanol–water partition coefficient (Wildman–Crippen LogP) is 3.58. The van der Waals surface area contributed by atoms with Crippen molar-refractivity contribution in [2.75, 3.05) is 25.0 Å². The molecule has 2 saturated heterocycles. The molecule has 2 aliphatic rings. The third-order valence-corrected chi connectivity index (χ3v) is 6.36. The lowest BCUT2D eigenvalue weighted by molar-refractivity contribution is -0.123. The molecule has 0 aliphatic carbocycles. The maximum absolute atomic E-state index is 12.7. The van der Waals surface area contributed by atoms with E-state index in [1.807, 2.05) is 0 Å². The minimum absolute atomic E-state index is 0.00955.